The maximum Gasteiger partial charge on any atom is 0.127 e. The van der Waals surface area contributed by atoms with E-state index in [4.69, 9.17) is 0 Å². The number of hydrogen-bond donors (Lipinski definition) is 0. The van der Waals surface area contributed by atoms with Crippen LogP contribution in [0.1, 0.15) is 10.7 Å². The van der Waals surface area contributed by atoms with E-state index in [1.54, 1.807) is 11.3 Å². The lowest BCUT2D eigenvalue weighted by Gasteiger charge is -1.99. The summed E-state index contributed by atoms with van der Waals surface area (Å²) in [6.45, 7) is 3.99. The summed E-state index contributed by atoms with van der Waals surface area (Å²) in [6, 6.07) is 4.08. The van der Waals surface area contributed by atoms with Crippen molar-refractivity contribution in [2.75, 3.05) is 0 Å². The Kier molecular flexibility index (Phi) is 2.65. The quantitative estimate of drug-likeness (QED) is 0.739. The van der Waals surface area contributed by atoms with E-state index >= 15 is 0 Å². The minimum Gasteiger partial charge on any atom is -0.233 e. The van der Waals surface area contributed by atoms with Crippen LogP contribution in [0.5, 0.6) is 0 Å². The molecule has 0 spiro atoms. The van der Waals surface area contributed by atoms with Crippen molar-refractivity contribution in [1.82, 2.24) is 9.97 Å². The van der Waals surface area contributed by atoms with Crippen LogP contribution in [0.25, 0.3) is 11.3 Å². The largest absolute Gasteiger partial charge is 0.233 e. The zero-order chi connectivity index (χ0) is 10.1. The van der Waals surface area contributed by atoms with Crippen molar-refractivity contribution in [2.45, 2.75) is 13.8 Å². The zero-order valence-electron chi connectivity index (χ0n) is 7.91. The Morgan fingerprint density at radius 1 is 1.21 bits per heavy atom. The Labute approximate surface area is 95.2 Å². The van der Waals surface area contributed by atoms with E-state index in [0.717, 1.165) is 16.1 Å². The second kappa shape index (κ2) is 3.79. The van der Waals surface area contributed by atoms with Gasteiger partial charge in [-0.25, -0.2) is 9.97 Å². The lowest BCUT2D eigenvalue weighted by atomic mass is 10.2. The zero-order valence-corrected chi connectivity index (χ0v) is 10.3. The van der Waals surface area contributed by atoms with E-state index in [9.17, 15) is 0 Å². The maximum atomic E-state index is 4.38. The van der Waals surface area contributed by atoms with Gasteiger partial charge in [0.05, 0.1) is 5.69 Å². The van der Waals surface area contributed by atoms with Crippen molar-refractivity contribution in [2.24, 2.45) is 0 Å². The van der Waals surface area contributed by atoms with Gasteiger partial charge in [-0.3, -0.25) is 0 Å². The summed E-state index contributed by atoms with van der Waals surface area (Å²) < 4.78 is 0.837. The molecule has 0 fully saturated rings. The van der Waals surface area contributed by atoms with Crippen molar-refractivity contribution in [3.05, 3.63) is 32.8 Å². The SMILES string of the molecule is Cc1nc(Br)cc(-c2csc(C)c2)n1. The van der Waals surface area contributed by atoms with E-state index in [-0.39, 0.29) is 0 Å². The van der Waals surface area contributed by atoms with Crippen molar-refractivity contribution >= 4 is 27.3 Å². The first-order valence-corrected chi connectivity index (χ1v) is 5.89. The van der Waals surface area contributed by atoms with Crippen LogP contribution >= 0.6 is 27.3 Å². The van der Waals surface area contributed by atoms with Crippen LogP contribution in [-0.2, 0) is 0 Å². The molecule has 0 saturated heterocycles. The highest BCUT2D eigenvalue weighted by atomic mass is 79.9. The predicted octanol–water partition coefficient (Wildman–Crippen LogP) is 3.58. The van der Waals surface area contributed by atoms with Gasteiger partial charge in [-0.15, -0.1) is 11.3 Å². The van der Waals surface area contributed by atoms with E-state index in [1.165, 1.54) is 10.4 Å². The minimum atomic E-state index is 0.790. The molecule has 0 amide bonds. The van der Waals surface area contributed by atoms with Gasteiger partial charge in [-0.1, -0.05) is 0 Å². The molecule has 2 aromatic rings. The van der Waals surface area contributed by atoms with Crippen LogP contribution < -0.4 is 0 Å². The smallest absolute Gasteiger partial charge is 0.127 e. The minimum absolute atomic E-state index is 0.790. The second-order valence-electron chi connectivity index (χ2n) is 3.07. The fraction of sp³-hybridized carbons (Fsp3) is 0.200. The average Bonchev–Trinajstić information content (AvgIpc) is 2.50. The molecule has 14 heavy (non-hydrogen) atoms. The highest BCUT2D eigenvalue weighted by Gasteiger charge is 2.04. The molecule has 2 aromatic heterocycles. The molecule has 0 aliphatic carbocycles. The first-order valence-electron chi connectivity index (χ1n) is 4.22. The summed E-state index contributed by atoms with van der Waals surface area (Å²) >= 11 is 5.10. The molecular formula is C10H9BrN2S. The Bertz CT molecular complexity index is 445. The number of aromatic nitrogens is 2. The summed E-state index contributed by atoms with van der Waals surface area (Å²) in [6.07, 6.45) is 0. The third-order valence-electron chi connectivity index (χ3n) is 1.83. The Hall–Kier alpha value is -0.740. The fourth-order valence-corrected chi connectivity index (χ4v) is 2.43. The van der Waals surface area contributed by atoms with E-state index in [1.807, 2.05) is 13.0 Å². The van der Waals surface area contributed by atoms with Crippen LogP contribution in [0, 0.1) is 13.8 Å². The molecule has 4 heteroatoms. The number of rotatable bonds is 1. The van der Waals surface area contributed by atoms with Gasteiger partial charge in [0, 0.05) is 15.8 Å². The van der Waals surface area contributed by atoms with Gasteiger partial charge in [0.2, 0.25) is 0 Å². The first-order chi connectivity index (χ1) is 6.65. The van der Waals surface area contributed by atoms with Crippen LogP contribution in [0.2, 0.25) is 0 Å². The average molecular weight is 269 g/mol. The summed E-state index contributed by atoms with van der Waals surface area (Å²) in [4.78, 5) is 9.86. The summed E-state index contributed by atoms with van der Waals surface area (Å²) in [7, 11) is 0. The lowest BCUT2D eigenvalue weighted by Crippen LogP contribution is -1.90. The third-order valence-corrected chi connectivity index (χ3v) is 3.10. The van der Waals surface area contributed by atoms with Crippen LogP contribution in [0.15, 0.2) is 22.1 Å². The standard InChI is InChI=1S/C10H9BrN2S/c1-6-3-8(5-14-6)9-4-10(11)13-7(2)12-9/h3-5H,1-2H3. The third kappa shape index (κ3) is 2.01. The fourth-order valence-electron chi connectivity index (χ4n) is 1.26. The summed E-state index contributed by atoms with van der Waals surface area (Å²) in [5, 5.41) is 2.11. The topological polar surface area (TPSA) is 25.8 Å². The van der Waals surface area contributed by atoms with Crippen molar-refractivity contribution in [3.63, 3.8) is 0 Å². The molecule has 0 unspecified atom stereocenters. The van der Waals surface area contributed by atoms with Gasteiger partial charge in [0.1, 0.15) is 10.4 Å². The molecule has 0 radical (unpaired) electrons. The van der Waals surface area contributed by atoms with Gasteiger partial charge in [-0.05, 0) is 41.9 Å². The van der Waals surface area contributed by atoms with E-state index < -0.39 is 0 Å². The van der Waals surface area contributed by atoms with Gasteiger partial charge < -0.3 is 0 Å². The van der Waals surface area contributed by atoms with Crippen LogP contribution in [-0.4, -0.2) is 9.97 Å². The Morgan fingerprint density at radius 3 is 2.57 bits per heavy atom. The lowest BCUT2D eigenvalue weighted by molar-refractivity contribution is 1.04. The molecule has 2 nitrogen and oxygen atoms in total. The molecule has 0 atom stereocenters. The molecule has 0 aliphatic rings. The van der Waals surface area contributed by atoms with Gasteiger partial charge in [-0.2, -0.15) is 0 Å². The molecule has 72 valence electrons. The molecule has 0 aromatic carbocycles. The van der Waals surface area contributed by atoms with E-state index in [2.05, 4.69) is 44.3 Å². The molecular weight excluding hydrogens is 260 g/mol. The Morgan fingerprint density at radius 2 is 2.00 bits per heavy atom. The van der Waals surface area contributed by atoms with Gasteiger partial charge in [0.15, 0.2) is 0 Å². The maximum absolute atomic E-state index is 4.38. The summed E-state index contributed by atoms with van der Waals surface area (Å²) in [5.41, 5.74) is 2.15. The Balaban J connectivity index is 2.51. The predicted molar refractivity (Wildman–Crippen MR) is 62.5 cm³/mol. The van der Waals surface area contributed by atoms with E-state index in [0.29, 0.717) is 0 Å². The van der Waals surface area contributed by atoms with Crippen molar-refractivity contribution in [3.8, 4) is 11.3 Å². The monoisotopic (exact) mass is 268 g/mol. The van der Waals surface area contributed by atoms with Crippen molar-refractivity contribution in [1.29, 1.82) is 0 Å². The molecule has 0 aliphatic heterocycles. The molecule has 0 saturated carbocycles. The number of hydrogen-bond acceptors (Lipinski definition) is 3. The normalized spacial score (nSPS) is 10.5. The molecule has 0 bridgehead atoms. The number of halogens is 1. The molecule has 2 rings (SSSR count). The molecule has 0 N–H and O–H groups in total. The number of thiophene rings is 1. The summed E-state index contributed by atoms with van der Waals surface area (Å²) in [5.74, 6) is 0.790. The highest BCUT2D eigenvalue weighted by Crippen LogP contribution is 2.25. The first kappa shape index (κ1) is 9.80. The second-order valence-corrected chi connectivity index (χ2v) is 5.00. The molecule has 2 heterocycles. The van der Waals surface area contributed by atoms with Crippen LogP contribution in [0.3, 0.4) is 0 Å². The van der Waals surface area contributed by atoms with Gasteiger partial charge >= 0.3 is 0 Å². The number of nitrogens with zero attached hydrogens (tertiary/aromatic N) is 2. The number of aryl methyl sites for hydroxylation is 2. The van der Waals surface area contributed by atoms with Gasteiger partial charge in [0.25, 0.3) is 0 Å². The highest BCUT2D eigenvalue weighted by molar-refractivity contribution is 9.10. The van der Waals surface area contributed by atoms with Crippen LogP contribution in [0.4, 0.5) is 0 Å². The van der Waals surface area contributed by atoms with Crippen molar-refractivity contribution < 1.29 is 0 Å².